The fourth-order valence-corrected chi connectivity index (χ4v) is 4.56. The van der Waals surface area contributed by atoms with E-state index in [0.29, 0.717) is 6.54 Å². The summed E-state index contributed by atoms with van der Waals surface area (Å²) in [6, 6.07) is 12.9. The average Bonchev–Trinajstić information content (AvgIpc) is 2.74. The number of carbonyl (C=O) groups excluding carboxylic acids is 1. The number of halogens is 1. The number of methoxy groups -OCH3 is 1. The van der Waals surface area contributed by atoms with Crippen LogP contribution in [-0.2, 0) is 17.8 Å². The number of amides is 1. The molecule has 4 rings (SSSR count). The molecule has 0 spiro atoms. The van der Waals surface area contributed by atoms with Crippen molar-refractivity contribution in [3.05, 3.63) is 59.4 Å². The molecule has 154 valence electrons. The minimum atomic E-state index is -0.215. The second-order valence-electron chi connectivity index (χ2n) is 7.82. The summed E-state index contributed by atoms with van der Waals surface area (Å²) < 4.78 is 18.7. The number of nitrogens with one attached hydrogen (secondary N) is 1. The summed E-state index contributed by atoms with van der Waals surface area (Å²) >= 11 is 0. The second kappa shape index (κ2) is 8.41. The van der Waals surface area contributed by atoms with E-state index >= 15 is 0 Å². The number of hydrogen-bond donors (Lipinski definition) is 1. The molecule has 0 aromatic heterocycles. The van der Waals surface area contributed by atoms with Gasteiger partial charge in [0.25, 0.3) is 0 Å². The zero-order chi connectivity index (χ0) is 20.4. The Bertz CT molecular complexity index is 871. The topological polar surface area (TPSA) is 44.8 Å². The molecule has 0 radical (unpaired) electrons. The van der Waals surface area contributed by atoms with Crippen LogP contribution in [0.2, 0.25) is 0 Å². The molecule has 1 saturated heterocycles. The number of ether oxygens (including phenoxy) is 1. The number of anilines is 1. The molecule has 0 unspecified atom stereocenters. The number of fused-ring (bicyclic) bond motifs is 3. The van der Waals surface area contributed by atoms with E-state index in [0.717, 1.165) is 43.9 Å². The minimum absolute atomic E-state index is 0.0909. The van der Waals surface area contributed by atoms with Crippen LogP contribution in [0.4, 0.5) is 10.1 Å². The van der Waals surface area contributed by atoms with Crippen molar-refractivity contribution in [3.8, 4) is 5.75 Å². The Labute approximate surface area is 171 Å². The van der Waals surface area contributed by atoms with Gasteiger partial charge >= 0.3 is 0 Å². The fourth-order valence-electron chi connectivity index (χ4n) is 4.56. The second-order valence-corrected chi connectivity index (χ2v) is 7.82. The van der Waals surface area contributed by atoms with Crippen LogP contribution in [0.15, 0.2) is 42.5 Å². The van der Waals surface area contributed by atoms with Gasteiger partial charge in [-0.1, -0.05) is 18.2 Å². The van der Waals surface area contributed by atoms with Crippen LogP contribution in [-0.4, -0.2) is 50.1 Å². The largest absolute Gasteiger partial charge is 0.497 e. The lowest BCUT2D eigenvalue weighted by Gasteiger charge is -2.49. The first-order valence-electron chi connectivity index (χ1n) is 10.3. The van der Waals surface area contributed by atoms with Crippen LogP contribution in [0, 0.1) is 11.7 Å². The van der Waals surface area contributed by atoms with Gasteiger partial charge in [-0.3, -0.25) is 9.69 Å². The molecule has 2 aromatic rings. The van der Waals surface area contributed by atoms with Gasteiger partial charge in [0.1, 0.15) is 11.6 Å². The number of rotatable bonds is 5. The third-order valence-electron chi connectivity index (χ3n) is 6.02. The Morgan fingerprint density at radius 1 is 1.21 bits per heavy atom. The lowest BCUT2D eigenvalue weighted by Crippen LogP contribution is -2.60. The molecule has 0 aliphatic carbocycles. The molecule has 29 heavy (non-hydrogen) atoms. The van der Waals surface area contributed by atoms with Crippen LogP contribution in [0.5, 0.6) is 5.75 Å². The van der Waals surface area contributed by atoms with Crippen LogP contribution >= 0.6 is 0 Å². The monoisotopic (exact) mass is 397 g/mol. The molecule has 2 aromatic carbocycles. The Morgan fingerprint density at radius 3 is 2.72 bits per heavy atom. The number of nitrogens with zero attached hydrogens (tertiary/aromatic N) is 2. The van der Waals surface area contributed by atoms with Gasteiger partial charge in [0, 0.05) is 44.5 Å². The highest BCUT2D eigenvalue weighted by molar-refractivity contribution is 5.82. The van der Waals surface area contributed by atoms with E-state index in [9.17, 15) is 9.18 Å². The number of carbonyl (C=O) groups is 1. The van der Waals surface area contributed by atoms with Crippen LogP contribution in [0.3, 0.4) is 0 Å². The Balaban J connectivity index is 1.59. The van der Waals surface area contributed by atoms with Crippen LogP contribution in [0.1, 0.15) is 18.1 Å². The Morgan fingerprint density at radius 2 is 2.00 bits per heavy atom. The summed E-state index contributed by atoms with van der Waals surface area (Å²) in [6.45, 7) is 5.90. The van der Waals surface area contributed by atoms with Crippen molar-refractivity contribution in [1.29, 1.82) is 0 Å². The summed E-state index contributed by atoms with van der Waals surface area (Å²) in [7, 11) is 1.68. The minimum Gasteiger partial charge on any atom is -0.497 e. The van der Waals surface area contributed by atoms with E-state index in [1.165, 1.54) is 23.4 Å². The Kier molecular flexibility index (Phi) is 5.72. The van der Waals surface area contributed by atoms with E-state index in [-0.39, 0.29) is 23.7 Å². The summed E-state index contributed by atoms with van der Waals surface area (Å²) in [4.78, 5) is 17.6. The van der Waals surface area contributed by atoms with Gasteiger partial charge in [0.15, 0.2) is 0 Å². The molecule has 0 saturated carbocycles. The summed E-state index contributed by atoms with van der Waals surface area (Å²) in [5.74, 6) is 0.653. The van der Waals surface area contributed by atoms with Gasteiger partial charge in [0.05, 0.1) is 19.1 Å². The van der Waals surface area contributed by atoms with E-state index in [1.807, 2.05) is 25.1 Å². The molecular weight excluding hydrogens is 369 g/mol. The quantitative estimate of drug-likeness (QED) is 0.843. The maximum Gasteiger partial charge on any atom is 0.225 e. The summed E-state index contributed by atoms with van der Waals surface area (Å²) in [5, 5.41) is 3.02. The molecule has 1 N–H and O–H groups in total. The van der Waals surface area contributed by atoms with E-state index < -0.39 is 0 Å². The highest BCUT2D eigenvalue weighted by atomic mass is 19.1. The van der Waals surface area contributed by atoms with Crippen LogP contribution in [0.25, 0.3) is 0 Å². The molecule has 2 atom stereocenters. The van der Waals surface area contributed by atoms with Crippen molar-refractivity contribution < 1.29 is 13.9 Å². The third kappa shape index (κ3) is 4.08. The van der Waals surface area contributed by atoms with Crippen molar-refractivity contribution in [3.63, 3.8) is 0 Å². The standard InChI is InChI=1S/C23H28FN3O2/c1-3-25-23(28)20-12-17-6-9-19(29-2)13-21(17)27-11-10-26(15-22(20)27)14-16-4-7-18(24)8-5-16/h4-9,13,20,22H,3,10-12,14-15H2,1-2H3,(H,25,28)/t20-,22-/m1/s1. The summed E-state index contributed by atoms with van der Waals surface area (Å²) in [6.07, 6.45) is 0.733. The molecule has 2 heterocycles. The lowest BCUT2D eigenvalue weighted by molar-refractivity contribution is -0.126. The molecule has 5 nitrogen and oxygen atoms in total. The van der Waals surface area contributed by atoms with Crippen molar-refractivity contribution >= 4 is 11.6 Å². The third-order valence-corrected chi connectivity index (χ3v) is 6.02. The first-order valence-corrected chi connectivity index (χ1v) is 10.3. The van der Waals surface area contributed by atoms with Gasteiger partial charge in [-0.05, 0) is 42.7 Å². The first-order chi connectivity index (χ1) is 14.1. The number of hydrogen-bond acceptors (Lipinski definition) is 4. The van der Waals surface area contributed by atoms with Crippen molar-refractivity contribution in [1.82, 2.24) is 10.2 Å². The molecule has 6 heteroatoms. The predicted molar refractivity (Wildman–Crippen MR) is 112 cm³/mol. The van der Waals surface area contributed by atoms with Gasteiger partial charge in [-0.2, -0.15) is 0 Å². The predicted octanol–water partition coefficient (Wildman–Crippen LogP) is 2.83. The molecule has 1 amide bonds. The maximum atomic E-state index is 13.2. The number of benzene rings is 2. The maximum absolute atomic E-state index is 13.2. The SMILES string of the molecule is CCNC(=O)[C@@H]1Cc2ccc(OC)cc2N2CCN(Cc3ccc(F)cc3)C[C@H]12. The summed E-state index contributed by atoms with van der Waals surface area (Å²) in [5.41, 5.74) is 3.47. The zero-order valence-corrected chi connectivity index (χ0v) is 17.0. The van der Waals surface area contributed by atoms with Gasteiger partial charge in [-0.25, -0.2) is 4.39 Å². The lowest BCUT2D eigenvalue weighted by atomic mass is 9.83. The first kappa shape index (κ1) is 19.7. The molecule has 2 aliphatic heterocycles. The average molecular weight is 397 g/mol. The van der Waals surface area contributed by atoms with Gasteiger partial charge < -0.3 is 15.0 Å². The van der Waals surface area contributed by atoms with Crippen molar-refractivity contribution in [2.24, 2.45) is 5.92 Å². The van der Waals surface area contributed by atoms with E-state index in [1.54, 1.807) is 7.11 Å². The molecule has 0 bridgehead atoms. The number of piperazine rings is 1. The van der Waals surface area contributed by atoms with Crippen LogP contribution < -0.4 is 15.0 Å². The molecule has 2 aliphatic rings. The van der Waals surface area contributed by atoms with Gasteiger partial charge in [0.2, 0.25) is 5.91 Å². The van der Waals surface area contributed by atoms with Crippen molar-refractivity contribution in [2.75, 3.05) is 38.2 Å². The van der Waals surface area contributed by atoms with E-state index in [2.05, 4.69) is 27.2 Å². The zero-order valence-electron chi connectivity index (χ0n) is 17.0. The molecular formula is C23H28FN3O2. The fraction of sp³-hybridized carbons (Fsp3) is 0.435. The van der Waals surface area contributed by atoms with Gasteiger partial charge in [-0.15, -0.1) is 0 Å². The van der Waals surface area contributed by atoms with Crippen molar-refractivity contribution in [2.45, 2.75) is 25.9 Å². The Hall–Kier alpha value is -2.60. The molecule has 1 fully saturated rings. The smallest absolute Gasteiger partial charge is 0.225 e. The normalized spacial score (nSPS) is 21.3. The highest BCUT2D eigenvalue weighted by Crippen LogP contribution is 2.38. The van der Waals surface area contributed by atoms with E-state index in [4.69, 9.17) is 4.74 Å². The highest BCUT2D eigenvalue weighted by Gasteiger charge is 2.41.